The highest BCUT2D eigenvalue weighted by Crippen LogP contribution is 2.29. The Labute approximate surface area is 177 Å². The van der Waals surface area contributed by atoms with Crippen molar-refractivity contribution in [2.24, 2.45) is 4.99 Å². The number of anilines is 1. The predicted molar refractivity (Wildman–Crippen MR) is 119 cm³/mol. The molecule has 0 bridgehead atoms. The lowest BCUT2D eigenvalue weighted by molar-refractivity contribution is 0.355. The highest BCUT2D eigenvalue weighted by molar-refractivity contribution is 5.93. The molecule has 2 N–H and O–H groups in total. The summed E-state index contributed by atoms with van der Waals surface area (Å²) >= 11 is 0. The van der Waals surface area contributed by atoms with Crippen molar-refractivity contribution >= 4 is 11.6 Å². The summed E-state index contributed by atoms with van der Waals surface area (Å²) in [6, 6.07) is 11.6. The van der Waals surface area contributed by atoms with E-state index >= 15 is 0 Å². The average Bonchev–Trinajstić information content (AvgIpc) is 3.10. The van der Waals surface area contributed by atoms with Gasteiger partial charge in [0.05, 0.1) is 26.5 Å². The molecule has 158 valence electrons. The van der Waals surface area contributed by atoms with Gasteiger partial charge in [-0.3, -0.25) is 0 Å². The fourth-order valence-corrected chi connectivity index (χ4v) is 3.02. The molecular weight excluding hydrogens is 380 g/mol. The van der Waals surface area contributed by atoms with Crippen LogP contribution in [-0.4, -0.2) is 41.5 Å². The second kappa shape index (κ2) is 9.78. The van der Waals surface area contributed by atoms with Gasteiger partial charge in [0, 0.05) is 30.2 Å². The number of rotatable bonds is 7. The zero-order valence-electron chi connectivity index (χ0n) is 18.1. The van der Waals surface area contributed by atoms with Crippen LogP contribution in [0.1, 0.15) is 23.9 Å². The van der Waals surface area contributed by atoms with Crippen molar-refractivity contribution in [1.29, 1.82) is 0 Å². The fourth-order valence-electron chi connectivity index (χ4n) is 3.02. The molecule has 2 aromatic heterocycles. The monoisotopic (exact) mass is 408 g/mol. The van der Waals surface area contributed by atoms with E-state index < -0.39 is 0 Å². The summed E-state index contributed by atoms with van der Waals surface area (Å²) in [5, 5.41) is 11.0. The van der Waals surface area contributed by atoms with Gasteiger partial charge in [0.25, 0.3) is 0 Å². The van der Waals surface area contributed by atoms with Crippen LogP contribution in [0.3, 0.4) is 0 Å². The minimum Gasteiger partial charge on any atom is -0.493 e. The van der Waals surface area contributed by atoms with E-state index in [4.69, 9.17) is 9.47 Å². The molecule has 0 unspecified atom stereocenters. The third-order valence-electron chi connectivity index (χ3n) is 4.45. The molecular formula is C22H28N6O2. The van der Waals surface area contributed by atoms with E-state index in [9.17, 15) is 0 Å². The summed E-state index contributed by atoms with van der Waals surface area (Å²) in [7, 11) is 3.23. The van der Waals surface area contributed by atoms with Crippen molar-refractivity contribution in [3.63, 3.8) is 0 Å². The quantitative estimate of drug-likeness (QED) is 0.460. The van der Waals surface area contributed by atoms with Crippen LogP contribution in [0.25, 0.3) is 5.82 Å². The molecule has 0 radical (unpaired) electrons. The SMILES string of the molecule is CCNC(=NCc1ccc(-n2nc(C)cc2C)nc1)Nc1ccc(OC)c(OC)c1. The molecule has 0 aliphatic rings. The summed E-state index contributed by atoms with van der Waals surface area (Å²) in [6.45, 7) is 7.25. The molecule has 8 heteroatoms. The number of guanidine groups is 1. The second-order valence-electron chi connectivity index (χ2n) is 6.75. The van der Waals surface area contributed by atoms with Crippen molar-refractivity contribution in [3.05, 3.63) is 59.5 Å². The van der Waals surface area contributed by atoms with E-state index in [0.29, 0.717) is 24.0 Å². The van der Waals surface area contributed by atoms with Crippen LogP contribution in [-0.2, 0) is 6.54 Å². The van der Waals surface area contributed by atoms with E-state index in [1.54, 1.807) is 14.2 Å². The second-order valence-corrected chi connectivity index (χ2v) is 6.75. The average molecular weight is 409 g/mol. The van der Waals surface area contributed by atoms with Gasteiger partial charge in [-0.15, -0.1) is 0 Å². The number of nitrogens with zero attached hydrogens (tertiary/aromatic N) is 4. The maximum absolute atomic E-state index is 5.36. The maximum Gasteiger partial charge on any atom is 0.196 e. The minimum atomic E-state index is 0.493. The fraction of sp³-hybridized carbons (Fsp3) is 0.318. The van der Waals surface area contributed by atoms with E-state index in [1.807, 2.05) is 68.0 Å². The molecule has 8 nitrogen and oxygen atoms in total. The van der Waals surface area contributed by atoms with Crippen molar-refractivity contribution in [2.45, 2.75) is 27.3 Å². The minimum absolute atomic E-state index is 0.493. The number of hydrogen-bond donors (Lipinski definition) is 2. The zero-order valence-corrected chi connectivity index (χ0v) is 18.1. The Morgan fingerprint density at radius 3 is 2.47 bits per heavy atom. The van der Waals surface area contributed by atoms with Gasteiger partial charge < -0.3 is 20.1 Å². The third kappa shape index (κ3) is 5.08. The molecule has 0 fully saturated rings. The number of pyridine rings is 1. The summed E-state index contributed by atoms with van der Waals surface area (Å²) in [4.78, 5) is 9.19. The first-order valence-corrected chi connectivity index (χ1v) is 9.80. The summed E-state index contributed by atoms with van der Waals surface area (Å²) in [6.07, 6.45) is 1.83. The number of aromatic nitrogens is 3. The number of methoxy groups -OCH3 is 2. The highest BCUT2D eigenvalue weighted by atomic mass is 16.5. The number of ether oxygens (including phenoxy) is 2. The first-order chi connectivity index (χ1) is 14.5. The Morgan fingerprint density at radius 1 is 1.07 bits per heavy atom. The highest BCUT2D eigenvalue weighted by Gasteiger charge is 2.07. The number of aliphatic imine (C=N–C) groups is 1. The lowest BCUT2D eigenvalue weighted by Gasteiger charge is -2.14. The van der Waals surface area contributed by atoms with Gasteiger partial charge in [0.15, 0.2) is 23.3 Å². The first-order valence-electron chi connectivity index (χ1n) is 9.80. The summed E-state index contributed by atoms with van der Waals surface area (Å²) in [5.74, 6) is 2.80. The van der Waals surface area contributed by atoms with Gasteiger partial charge in [0.1, 0.15) is 0 Å². The summed E-state index contributed by atoms with van der Waals surface area (Å²) < 4.78 is 12.5. The molecule has 3 rings (SSSR count). The van der Waals surface area contributed by atoms with Crippen LogP contribution in [0.15, 0.2) is 47.6 Å². The Balaban J connectivity index is 1.72. The van der Waals surface area contributed by atoms with Crippen molar-refractivity contribution in [3.8, 4) is 17.3 Å². The largest absolute Gasteiger partial charge is 0.493 e. The molecule has 2 heterocycles. The van der Waals surface area contributed by atoms with Crippen molar-refractivity contribution in [2.75, 3.05) is 26.1 Å². The lowest BCUT2D eigenvalue weighted by Crippen LogP contribution is -2.30. The van der Waals surface area contributed by atoms with E-state index in [-0.39, 0.29) is 0 Å². The van der Waals surface area contributed by atoms with Gasteiger partial charge in [-0.1, -0.05) is 6.07 Å². The molecule has 0 saturated heterocycles. The number of aryl methyl sites for hydroxylation is 2. The van der Waals surface area contributed by atoms with Crippen LogP contribution in [0.2, 0.25) is 0 Å². The Bertz CT molecular complexity index is 1010. The van der Waals surface area contributed by atoms with Crippen molar-refractivity contribution in [1.82, 2.24) is 20.1 Å². The molecule has 0 aliphatic heterocycles. The van der Waals surface area contributed by atoms with Crippen molar-refractivity contribution < 1.29 is 9.47 Å². The van der Waals surface area contributed by atoms with Gasteiger partial charge in [-0.2, -0.15) is 5.10 Å². The van der Waals surface area contributed by atoms with Gasteiger partial charge in [-0.05, 0) is 50.6 Å². The Kier molecular flexibility index (Phi) is 6.90. The smallest absolute Gasteiger partial charge is 0.196 e. The predicted octanol–water partition coefficient (Wildman–Crippen LogP) is 3.48. The topological polar surface area (TPSA) is 85.6 Å². The maximum atomic E-state index is 5.36. The standard InChI is InChI=1S/C22H28N6O2/c1-6-23-22(26-18-8-9-19(29-4)20(12-18)30-5)25-14-17-7-10-21(24-13-17)28-16(3)11-15(2)27-28/h7-13H,6,14H2,1-5H3,(H2,23,25,26). The molecule has 0 spiro atoms. The molecule has 30 heavy (non-hydrogen) atoms. The first kappa shape index (κ1) is 21.2. The van der Waals surface area contributed by atoms with Gasteiger partial charge in [-0.25, -0.2) is 14.7 Å². The molecule has 1 aromatic carbocycles. The van der Waals surface area contributed by atoms with Gasteiger partial charge >= 0.3 is 0 Å². The van der Waals surface area contributed by atoms with E-state index in [2.05, 4.69) is 25.7 Å². The number of nitrogens with one attached hydrogen (secondary N) is 2. The van der Waals surface area contributed by atoms with Gasteiger partial charge in [0.2, 0.25) is 0 Å². The number of benzene rings is 1. The van der Waals surface area contributed by atoms with E-state index in [1.165, 1.54) is 0 Å². The molecule has 3 aromatic rings. The lowest BCUT2D eigenvalue weighted by atomic mass is 10.2. The summed E-state index contributed by atoms with van der Waals surface area (Å²) in [5.41, 5.74) is 3.88. The van der Waals surface area contributed by atoms with E-state index in [0.717, 1.165) is 35.0 Å². The molecule has 0 atom stereocenters. The van der Waals surface area contributed by atoms with Crippen LogP contribution < -0.4 is 20.1 Å². The van der Waals surface area contributed by atoms with Crippen LogP contribution >= 0.6 is 0 Å². The zero-order chi connectivity index (χ0) is 21.5. The number of hydrogen-bond acceptors (Lipinski definition) is 5. The van der Waals surface area contributed by atoms with Crippen LogP contribution in [0, 0.1) is 13.8 Å². The molecule has 0 amide bonds. The Morgan fingerprint density at radius 2 is 1.87 bits per heavy atom. The molecule has 0 aliphatic carbocycles. The van der Waals surface area contributed by atoms with Crippen LogP contribution in [0.5, 0.6) is 11.5 Å². The Hall–Kier alpha value is -3.55. The third-order valence-corrected chi connectivity index (χ3v) is 4.45. The van der Waals surface area contributed by atoms with Crippen LogP contribution in [0.4, 0.5) is 5.69 Å². The molecule has 0 saturated carbocycles. The normalized spacial score (nSPS) is 11.3.